The molecule has 3 aromatic rings. The minimum absolute atomic E-state index is 0.824. The number of hydrogen-bond acceptors (Lipinski definition) is 3. The molecule has 0 aromatic heterocycles. The van der Waals surface area contributed by atoms with Crippen molar-refractivity contribution in [2.75, 3.05) is 21.3 Å². The second-order valence-corrected chi connectivity index (χ2v) is 5.84. The minimum atomic E-state index is 0.824. The van der Waals surface area contributed by atoms with Crippen molar-refractivity contribution in [1.82, 2.24) is 0 Å². The van der Waals surface area contributed by atoms with Gasteiger partial charge in [0.1, 0.15) is 11.5 Å². The van der Waals surface area contributed by atoms with Gasteiger partial charge >= 0.3 is 0 Å². The summed E-state index contributed by atoms with van der Waals surface area (Å²) in [4.78, 5) is 0. The molecule has 3 rings (SSSR count). The zero-order valence-electron chi connectivity index (χ0n) is 15.0. The molecule has 0 amide bonds. The van der Waals surface area contributed by atoms with Gasteiger partial charge in [-0.1, -0.05) is 24.3 Å². The number of benzene rings is 3. The Kier molecular flexibility index (Phi) is 4.94. The summed E-state index contributed by atoms with van der Waals surface area (Å²) in [6.45, 7) is 1.94. The van der Waals surface area contributed by atoms with E-state index in [1.165, 1.54) is 5.39 Å². The van der Waals surface area contributed by atoms with Gasteiger partial charge < -0.3 is 14.2 Å². The first kappa shape index (κ1) is 16.9. The first-order valence-electron chi connectivity index (χ1n) is 8.13. The van der Waals surface area contributed by atoms with Crippen LogP contribution in [0.4, 0.5) is 0 Å². The zero-order chi connectivity index (χ0) is 17.8. The molecule has 0 atom stereocenters. The van der Waals surface area contributed by atoms with E-state index in [1.807, 2.05) is 37.3 Å². The van der Waals surface area contributed by atoms with E-state index in [-0.39, 0.29) is 0 Å². The molecular formula is C22H22O3. The van der Waals surface area contributed by atoms with Gasteiger partial charge in [0.05, 0.1) is 27.1 Å². The molecule has 0 aliphatic carbocycles. The number of methoxy groups -OCH3 is 3. The number of hydrogen-bond donors (Lipinski definition) is 0. The SMILES string of the molecule is CO/C(C)=C/c1cc(OC)ccc1-c1ccc2cc(OC)ccc2c1. The molecule has 0 unspecified atom stereocenters. The molecule has 0 fully saturated rings. The van der Waals surface area contributed by atoms with Crippen LogP contribution >= 0.6 is 0 Å². The maximum Gasteiger partial charge on any atom is 0.119 e. The summed E-state index contributed by atoms with van der Waals surface area (Å²) >= 11 is 0. The maximum atomic E-state index is 5.37. The van der Waals surface area contributed by atoms with Crippen LogP contribution in [0.3, 0.4) is 0 Å². The fourth-order valence-electron chi connectivity index (χ4n) is 2.85. The molecule has 0 radical (unpaired) electrons. The van der Waals surface area contributed by atoms with Crippen molar-refractivity contribution in [3.8, 4) is 22.6 Å². The number of fused-ring (bicyclic) bond motifs is 1. The monoisotopic (exact) mass is 334 g/mol. The van der Waals surface area contributed by atoms with Crippen LogP contribution in [-0.2, 0) is 4.74 Å². The first-order valence-corrected chi connectivity index (χ1v) is 8.13. The molecule has 0 aliphatic rings. The number of allylic oxidation sites excluding steroid dienone is 1. The molecule has 3 heteroatoms. The van der Waals surface area contributed by atoms with Gasteiger partial charge in [-0.25, -0.2) is 0 Å². The second-order valence-electron chi connectivity index (χ2n) is 5.84. The summed E-state index contributed by atoms with van der Waals surface area (Å²) < 4.78 is 16.0. The number of rotatable bonds is 5. The van der Waals surface area contributed by atoms with E-state index in [9.17, 15) is 0 Å². The highest BCUT2D eigenvalue weighted by molar-refractivity contribution is 5.90. The van der Waals surface area contributed by atoms with Crippen molar-refractivity contribution in [3.05, 3.63) is 65.9 Å². The highest BCUT2D eigenvalue weighted by Crippen LogP contribution is 2.32. The van der Waals surface area contributed by atoms with Crippen LogP contribution in [0, 0.1) is 0 Å². The predicted octanol–water partition coefficient (Wildman–Crippen LogP) is 5.53. The molecule has 25 heavy (non-hydrogen) atoms. The zero-order valence-corrected chi connectivity index (χ0v) is 15.0. The summed E-state index contributed by atoms with van der Waals surface area (Å²) in [5.41, 5.74) is 3.34. The minimum Gasteiger partial charge on any atom is -0.501 e. The van der Waals surface area contributed by atoms with Gasteiger partial charge in [0, 0.05) is 0 Å². The van der Waals surface area contributed by atoms with E-state index >= 15 is 0 Å². The van der Waals surface area contributed by atoms with E-state index in [2.05, 4.69) is 30.3 Å². The third-order valence-corrected chi connectivity index (χ3v) is 4.30. The lowest BCUT2D eigenvalue weighted by molar-refractivity contribution is 0.297. The van der Waals surface area contributed by atoms with Crippen molar-refractivity contribution in [2.45, 2.75) is 6.92 Å². The average molecular weight is 334 g/mol. The van der Waals surface area contributed by atoms with E-state index in [1.54, 1.807) is 21.3 Å². The maximum absolute atomic E-state index is 5.37. The Morgan fingerprint density at radius 3 is 2.12 bits per heavy atom. The normalized spacial score (nSPS) is 11.4. The molecule has 3 aromatic carbocycles. The van der Waals surface area contributed by atoms with Crippen LogP contribution in [0.1, 0.15) is 12.5 Å². The Hall–Kier alpha value is -2.94. The summed E-state index contributed by atoms with van der Waals surface area (Å²) in [6, 6.07) is 18.6. The molecular weight excluding hydrogens is 312 g/mol. The van der Waals surface area contributed by atoms with Crippen molar-refractivity contribution < 1.29 is 14.2 Å². The van der Waals surface area contributed by atoms with Crippen LogP contribution in [0.25, 0.3) is 28.0 Å². The molecule has 0 saturated carbocycles. The Bertz CT molecular complexity index is 926. The predicted molar refractivity (Wildman–Crippen MR) is 103 cm³/mol. The fraction of sp³-hybridized carbons (Fsp3) is 0.182. The molecule has 128 valence electrons. The van der Waals surface area contributed by atoms with Crippen molar-refractivity contribution in [1.29, 1.82) is 0 Å². The third-order valence-electron chi connectivity index (χ3n) is 4.30. The second kappa shape index (κ2) is 7.31. The third kappa shape index (κ3) is 3.61. The van der Waals surface area contributed by atoms with E-state index < -0.39 is 0 Å². The Labute approximate surface area is 148 Å². The van der Waals surface area contributed by atoms with Gasteiger partial charge in [-0.2, -0.15) is 0 Å². The van der Waals surface area contributed by atoms with Gasteiger partial charge in [-0.05, 0) is 70.8 Å². The van der Waals surface area contributed by atoms with Gasteiger partial charge in [0.15, 0.2) is 0 Å². The first-order chi connectivity index (χ1) is 12.1. The average Bonchev–Trinajstić information content (AvgIpc) is 2.66. The van der Waals surface area contributed by atoms with Crippen molar-refractivity contribution in [3.63, 3.8) is 0 Å². The van der Waals surface area contributed by atoms with Crippen molar-refractivity contribution in [2.24, 2.45) is 0 Å². The van der Waals surface area contributed by atoms with Gasteiger partial charge in [0.2, 0.25) is 0 Å². The summed E-state index contributed by atoms with van der Waals surface area (Å²) in [5, 5.41) is 2.33. The standard InChI is InChI=1S/C22H22O3/c1-15(23-2)11-19-14-21(25-4)9-10-22(19)18-6-5-17-13-20(24-3)8-7-16(17)12-18/h5-14H,1-4H3/b15-11+. The van der Waals surface area contributed by atoms with Gasteiger partial charge in [-0.3, -0.25) is 0 Å². The fourth-order valence-corrected chi connectivity index (χ4v) is 2.85. The molecule has 0 saturated heterocycles. The van der Waals surface area contributed by atoms with Gasteiger partial charge in [-0.15, -0.1) is 0 Å². The molecule has 0 N–H and O–H groups in total. The molecule has 0 bridgehead atoms. The smallest absolute Gasteiger partial charge is 0.119 e. The topological polar surface area (TPSA) is 27.7 Å². The lowest BCUT2D eigenvalue weighted by Crippen LogP contribution is -1.90. The summed E-state index contributed by atoms with van der Waals surface area (Å²) in [5.74, 6) is 2.54. The summed E-state index contributed by atoms with van der Waals surface area (Å²) in [6.07, 6.45) is 2.02. The molecule has 0 heterocycles. The van der Waals surface area contributed by atoms with Crippen LogP contribution < -0.4 is 9.47 Å². The number of ether oxygens (including phenoxy) is 3. The van der Waals surface area contributed by atoms with Gasteiger partial charge in [0.25, 0.3) is 0 Å². The highest BCUT2D eigenvalue weighted by Gasteiger charge is 2.08. The quantitative estimate of drug-likeness (QED) is 0.574. The van der Waals surface area contributed by atoms with E-state index in [0.29, 0.717) is 0 Å². The van der Waals surface area contributed by atoms with E-state index in [4.69, 9.17) is 14.2 Å². The summed E-state index contributed by atoms with van der Waals surface area (Å²) in [7, 11) is 5.04. The van der Waals surface area contributed by atoms with Crippen LogP contribution in [0.5, 0.6) is 11.5 Å². The Morgan fingerprint density at radius 2 is 1.40 bits per heavy atom. The molecule has 0 spiro atoms. The largest absolute Gasteiger partial charge is 0.501 e. The lowest BCUT2D eigenvalue weighted by Gasteiger charge is -2.11. The van der Waals surface area contributed by atoms with Crippen LogP contribution in [-0.4, -0.2) is 21.3 Å². The Balaban J connectivity index is 2.13. The Morgan fingerprint density at radius 1 is 0.760 bits per heavy atom. The van der Waals surface area contributed by atoms with Crippen molar-refractivity contribution >= 4 is 16.8 Å². The highest BCUT2D eigenvalue weighted by atomic mass is 16.5. The molecule has 3 nitrogen and oxygen atoms in total. The van der Waals surface area contributed by atoms with E-state index in [0.717, 1.165) is 39.3 Å². The van der Waals surface area contributed by atoms with Crippen LogP contribution in [0.15, 0.2) is 60.4 Å². The van der Waals surface area contributed by atoms with Crippen LogP contribution in [0.2, 0.25) is 0 Å². The lowest BCUT2D eigenvalue weighted by atomic mass is 9.96. The molecule has 0 aliphatic heterocycles.